The van der Waals surface area contributed by atoms with Gasteiger partial charge in [-0.1, -0.05) is 30.0 Å². The molecule has 34 heavy (non-hydrogen) atoms. The summed E-state index contributed by atoms with van der Waals surface area (Å²) in [6, 6.07) is 13.9. The fourth-order valence-electron chi connectivity index (χ4n) is 2.96. The van der Waals surface area contributed by atoms with Crippen LogP contribution in [0.1, 0.15) is 23.1 Å². The summed E-state index contributed by atoms with van der Waals surface area (Å²) in [5.74, 6) is 1.34. The lowest BCUT2D eigenvalue weighted by atomic mass is 10.2. The third-order valence-electron chi connectivity index (χ3n) is 4.54. The Morgan fingerprint density at radius 1 is 1.12 bits per heavy atom. The normalized spacial score (nSPS) is 10.4. The van der Waals surface area contributed by atoms with Gasteiger partial charge >= 0.3 is 5.97 Å². The zero-order valence-corrected chi connectivity index (χ0v) is 19.8. The second-order valence-corrected chi connectivity index (χ2v) is 7.81. The van der Waals surface area contributed by atoms with Crippen LogP contribution >= 0.6 is 11.8 Å². The molecule has 0 bridgehead atoms. The van der Waals surface area contributed by atoms with Gasteiger partial charge in [-0.2, -0.15) is 0 Å². The average Bonchev–Trinajstić information content (AvgIpc) is 3.23. The van der Waals surface area contributed by atoms with Gasteiger partial charge in [-0.3, -0.25) is 9.36 Å². The van der Waals surface area contributed by atoms with Crippen LogP contribution in [0.25, 0.3) is 0 Å². The van der Waals surface area contributed by atoms with Crippen LogP contribution in [0.4, 0.5) is 5.69 Å². The second-order valence-electron chi connectivity index (χ2n) is 6.87. The number of methoxy groups -OCH3 is 1. The quantitative estimate of drug-likeness (QED) is 0.235. The minimum atomic E-state index is -0.400. The van der Waals surface area contributed by atoms with Crippen LogP contribution in [0.5, 0.6) is 11.5 Å². The van der Waals surface area contributed by atoms with Crippen molar-refractivity contribution in [3.05, 3.63) is 72.6 Å². The minimum Gasteiger partial charge on any atom is -0.493 e. The molecule has 1 aromatic heterocycles. The Bertz CT molecular complexity index is 1130. The van der Waals surface area contributed by atoms with Gasteiger partial charge in [0.15, 0.2) is 22.5 Å². The van der Waals surface area contributed by atoms with Crippen LogP contribution in [0.3, 0.4) is 0 Å². The summed E-state index contributed by atoms with van der Waals surface area (Å²) in [6.07, 6.45) is 1.73. The number of anilines is 1. The van der Waals surface area contributed by atoms with E-state index in [0.29, 0.717) is 46.9 Å². The number of hydrogen-bond acceptors (Lipinski definition) is 8. The predicted octanol–water partition coefficient (Wildman–Crippen LogP) is 3.96. The molecule has 3 aromatic rings. The van der Waals surface area contributed by atoms with Gasteiger partial charge in [-0.15, -0.1) is 16.8 Å². The van der Waals surface area contributed by atoms with Crippen LogP contribution in [0.2, 0.25) is 0 Å². The smallest absolute Gasteiger partial charge is 0.338 e. The molecule has 1 N–H and O–H groups in total. The standard InChI is InChI=1S/C24H26N4O5S/c1-4-14-28-21(15-33-20-9-7-6-8-19(20)31-3)26-27-24(28)34-16-22(29)25-18-12-10-17(11-13-18)23(30)32-5-2/h4,6-13H,1,5,14-16H2,2-3H3,(H,25,29). The van der Waals surface area contributed by atoms with Crippen molar-refractivity contribution >= 4 is 29.3 Å². The molecule has 3 rings (SSSR count). The first-order valence-corrected chi connectivity index (χ1v) is 11.5. The monoisotopic (exact) mass is 482 g/mol. The number of thioether (sulfide) groups is 1. The van der Waals surface area contributed by atoms with Crippen LogP contribution in [-0.2, 0) is 22.7 Å². The van der Waals surface area contributed by atoms with E-state index >= 15 is 0 Å². The Balaban J connectivity index is 1.58. The molecule has 0 aliphatic heterocycles. The van der Waals surface area contributed by atoms with Gasteiger partial charge in [-0.25, -0.2) is 4.79 Å². The number of benzene rings is 2. The van der Waals surface area contributed by atoms with Gasteiger partial charge in [0.1, 0.15) is 6.61 Å². The van der Waals surface area contributed by atoms with Crippen molar-refractivity contribution in [2.45, 2.75) is 25.2 Å². The summed E-state index contributed by atoms with van der Waals surface area (Å²) in [6.45, 7) is 6.49. The molecular formula is C24H26N4O5S. The molecule has 0 radical (unpaired) electrons. The molecule has 1 heterocycles. The molecule has 0 spiro atoms. The van der Waals surface area contributed by atoms with Crippen molar-refractivity contribution in [1.82, 2.24) is 14.8 Å². The van der Waals surface area contributed by atoms with E-state index in [1.807, 2.05) is 28.8 Å². The summed E-state index contributed by atoms with van der Waals surface area (Å²) in [4.78, 5) is 24.2. The number of aromatic nitrogens is 3. The van der Waals surface area contributed by atoms with Crippen molar-refractivity contribution in [3.63, 3.8) is 0 Å². The van der Waals surface area contributed by atoms with Crippen LogP contribution in [-0.4, -0.2) is 46.1 Å². The number of nitrogens with zero attached hydrogens (tertiary/aromatic N) is 3. The number of carbonyl (C=O) groups is 2. The lowest BCUT2D eigenvalue weighted by Crippen LogP contribution is -2.15. The molecule has 10 heteroatoms. The number of esters is 1. The predicted molar refractivity (Wildman–Crippen MR) is 129 cm³/mol. The first kappa shape index (κ1) is 24.8. The molecule has 0 fully saturated rings. The summed E-state index contributed by atoms with van der Waals surface area (Å²) in [7, 11) is 1.58. The maximum absolute atomic E-state index is 12.4. The van der Waals surface area contributed by atoms with E-state index in [2.05, 4.69) is 22.1 Å². The van der Waals surface area contributed by atoms with E-state index in [0.717, 1.165) is 0 Å². The molecule has 0 aliphatic rings. The maximum atomic E-state index is 12.4. The van der Waals surface area contributed by atoms with Crippen molar-refractivity contribution in [3.8, 4) is 11.5 Å². The second kappa shape index (κ2) is 12.4. The van der Waals surface area contributed by atoms with Crippen LogP contribution in [0, 0.1) is 0 Å². The van der Waals surface area contributed by atoms with E-state index in [9.17, 15) is 9.59 Å². The highest BCUT2D eigenvalue weighted by Gasteiger charge is 2.15. The van der Waals surface area contributed by atoms with Gasteiger partial charge in [0, 0.05) is 12.2 Å². The number of carbonyl (C=O) groups excluding carboxylic acids is 2. The Kier molecular flexibility index (Phi) is 9.10. The molecule has 0 aliphatic carbocycles. The number of amides is 1. The van der Waals surface area contributed by atoms with Crippen LogP contribution < -0.4 is 14.8 Å². The molecule has 2 aromatic carbocycles. The molecular weight excluding hydrogens is 456 g/mol. The first-order valence-electron chi connectivity index (χ1n) is 10.5. The third-order valence-corrected chi connectivity index (χ3v) is 5.51. The van der Waals surface area contributed by atoms with E-state index in [1.165, 1.54) is 11.8 Å². The zero-order valence-electron chi connectivity index (χ0n) is 19.0. The largest absolute Gasteiger partial charge is 0.493 e. The molecule has 0 saturated heterocycles. The third kappa shape index (κ3) is 6.61. The number of ether oxygens (including phenoxy) is 3. The van der Waals surface area contributed by atoms with E-state index in [1.54, 1.807) is 44.4 Å². The van der Waals surface area contributed by atoms with Gasteiger partial charge in [0.05, 0.1) is 25.0 Å². The van der Waals surface area contributed by atoms with Gasteiger partial charge in [0.25, 0.3) is 0 Å². The van der Waals surface area contributed by atoms with Crippen molar-refractivity contribution in [2.24, 2.45) is 0 Å². The Hall–Kier alpha value is -3.79. The molecule has 0 saturated carbocycles. The molecule has 0 unspecified atom stereocenters. The van der Waals surface area contributed by atoms with Crippen LogP contribution in [0.15, 0.2) is 66.3 Å². The first-order chi connectivity index (χ1) is 16.5. The summed E-state index contributed by atoms with van der Waals surface area (Å²) in [5.41, 5.74) is 1.01. The Labute approximate surface area is 202 Å². The lowest BCUT2D eigenvalue weighted by molar-refractivity contribution is -0.113. The van der Waals surface area contributed by atoms with Crippen molar-refractivity contribution < 1.29 is 23.8 Å². The summed E-state index contributed by atoms with van der Waals surface area (Å²) < 4.78 is 18.0. The fourth-order valence-corrected chi connectivity index (χ4v) is 3.72. The van der Waals surface area contributed by atoms with Gasteiger partial charge in [0.2, 0.25) is 5.91 Å². The number of hydrogen-bond donors (Lipinski definition) is 1. The molecule has 1 amide bonds. The van der Waals surface area contributed by atoms with E-state index < -0.39 is 5.97 Å². The minimum absolute atomic E-state index is 0.127. The SMILES string of the molecule is C=CCn1c(COc2ccccc2OC)nnc1SCC(=O)Nc1ccc(C(=O)OCC)cc1. The molecule has 9 nitrogen and oxygen atoms in total. The number of para-hydroxylation sites is 2. The zero-order chi connectivity index (χ0) is 24.3. The summed E-state index contributed by atoms with van der Waals surface area (Å²) >= 11 is 1.25. The van der Waals surface area contributed by atoms with E-state index in [-0.39, 0.29) is 18.3 Å². The summed E-state index contributed by atoms with van der Waals surface area (Å²) in [5, 5.41) is 11.8. The number of rotatable bonds is 12. The highest BCUT2D eigenvalue weighted by Crippen LogP contribution is 2.27. The van der Waals surface area contributed by atoms with Crippen molar-refractivity contribution in [1.29, 1.82) is 0 Å². The highest BCUT2D eigenvalue weighted by atomic mass is 32.2. The number of allylic oxidation sites excluding steroid dienone is 1. The Morgan fingerprint density at radius 2 is 1.85 bits per heavy atom. The average molecular weight is 483 g/mol. The lowest BCUT2D eigenvalue weighted by Gasteiger charge is -2.11. The Morgan fingerprint density at radius 3 is 2.53 bits per heavy atom. The topological polar surface area (TPSA) is 105 Å². The molecule has 178 valence electrons. The number of nitrogens with one attached hydrogen (secondary N) is 1. The highest BCUT2D eigenvalue weighted by molar-refractivity contribution is 7.99. The van der Waals surface area contributed by atoms with Gasteiger partial charge < -0.3 is 19.5 Å². The maximum Gasteiger partial charge on any atom is 0.338 e. The van der Waals surface area contributed by atoms with Gasteiger partial charge in [-0.05, 0) is 43.3 Å². The molecule has 0 atom stereocenters. The fraction of sp³-hybridized carbons (Fsp3) is 0.250. The van der Waals surface area contributed by atoms with Crippen molar-refractivity contribution in [2.75, 3.05) is 24.8 Å². The van der Waals surface area contributed by atoms with E-state index in [4.69, 9.17) is 14.2 Å².